The fourth-order valence-corrected chi connectivity index (χ4v) is 2.22. The van der Waals surface area contributed by atoms with Crippen LogP contribution in [0.1, 0.15) is 41.4 Å². The average molecular weight is 230 g/mol. The molecule has 0 bridgehead atoms. The van der Waals surface area contributed by atoms with Gasteiger partial charge < -0.3 is 10.8 Å². The molecular weight excluding hydrogens is 216 g/mol. The molecule has 0 saturated heterocycles. The van der Waals surface area contributed by atoms with Crippen molar-refractivity contribution in [2.24, 2.45) is 11.1 Å². The molecule has 2 rings (SSSR count). The summed E-state index contributed by atoms with van der Waals surface area (Å²) in [7, 11) is 0. The number of Topliss-reactive ketones (excluding diaryl/α,β-unsaturated/α-hetero) is 1. The Labute approximate surface area is 99.7 Å². The molecular formula is C13H14N2O2. The van der Waals surface area contributed by atoms with Crippen molar-refractivity contribution in [1.82, 2.24) is 0 Å². The zero-order valence-electron chi connectivity index (χ0n) is 9.77. The van der Waals surface area contributed by atoms with E-state index >= 15 is 0 Å². The van der Waals surface area contributed by atoms with E-state index in [0.29, 0.717) is 16.7 Å². The summed E-state index contributed by atoms with van der Waals surface area (Å²) in [6.45, 7) is 3.36. The Morgan fingerprint density at radius 2 is 2.12 bits per heavy atom. The lowest BCUT2D eigenvalue weighted by atomic mass is 9.69. The van der Waals surface area contributed by atoms with E-state index in [1.165, 1.54) is 0 Å². The molecule has 0 spiro atoms. The highest BCUT2D eigenvalue weighted by Gasteiger charge is 2.45. The number of carbonyl (C=O) groups excluding carboxylic acids is 1. The maximum Gasteiger partial charge on any atom is 0.171 e. The minimum atomic E-state index is -0.934. The van der Waals surface area contributed by atoms with Crippen LogP contribution in [0.4, 0.5) is 0 Å². The highest BCUT2D eigenvalue weighted by Crippen LogP contribution is 2.39. The quantitative estimate of drug-likeness (QED) is 0.699. The molecule has 0 fully saturated rings. The van der Waals surface area contributed by atoms with Gasteiger partial charge in [0.1, 0.15) is 0 Å². The number of fused-ring (bicyclic) bond motifs is 1. The van der Waals surface area contributed by atoms with Gasteiger partial charge >= 0.3 is 0 Å². The van der Waals surface area contributed by atoms with Crippen molar-refractivity contribution >= 4 is 5.78 Å². The first kappa shape index (κ1) is 11.8. The molecule has 4 heteroatoms. The standard InChI is InChI=1S/C13H14N2O2/c1-13(2)11(16)8-4-3-7(6-14)5-9(8)10(15)12(13)17/h3-5,10,12,17H,15H2,1-2H3. The summed E-state index contributed by atoms with van der Waals surface area (Å²) in [6, 6.07) is 6.16. The average Bonchev–Trinajstić information content (AvgIpc) is 2.33. The van der Waals surface area contributed by atoms with Gasteiger partial charge in [0.2, 0.25) is 0 Å². The van der Waals surface area contributed by atoms with Crippen LogP contribution in [-0.4, -0.2) is 17.0 Å². The molecule has 88 valence electrons. The number of aliphatic hydroxyl groups excluding tert-OH is 1. The molecule has 1 aliphatic rings. The number of benzene rings is 1. The van der Waals surface area contributed by atoms with Gasteiger partial charge in [-0.25, -0.2) is 0 Å². The van der Waals surface area contributed by atoms with Crippen molar-refractivity contribution in [2.75, 3.05) is 0 Å². The van der Waals surface area contributed by atoms with E-state index in [2.05, 4.69) is 0 Å². The molecule has 0 radical (unpaired) electrons. The molecule has 0 saturated carbocycles. The van der Waals surface area contributed by atoms with E-state index in [1.54, 1.807) is 32.0 Å². The maximum absolute atomic E-state index is 12.2. The summed E-state index contributed by atoms with van der Waals surface area (Å²) in [6.07, 6.45) is -0.934. The number of hydrogen-bond donors (Lipinski definition) is 2. The van der Waals surface area contributed by atoms with E-state index in [9.17, 15) is 9.90 Å². The van der Waals surface area contributed by atoms with Crippen LogP contribution in [0.15, 0.2) is 18.2 Å². The second-order valence-corrected chi connectivity index (χ2v) is 4.94. The van der Waals surface area contributed by atoms with E-state index in [-0.39, 0.29) is 5.78 Å². The highest BCUT2D eigenvalue weighted by atomic mass is 16.3. The molecule has 0 amide bonds. The number of carbonyl (C=O) groups is 1. The smallest absolute Gasteiger partial charge is 0.171 e. The summed E-state index contributed by atoms with van der Waals surface area (Å²) in [5.41, 5.74) is 6.56. The Kier molecular flexibility index (Phi) is 2.53. The molecule has 1 aromatic rings. The monoisotopic (exact) mass is 230 g/mol. The van der Waals surface area contributed by atoms with Gasteiger partial charge in [-0.1, -0.05) is 0 Å². The topological polar surface area (TPSA) is 87.1 Å². The summed E-state index contributed by atoms with van der Waals surface area (Å²) in [5, 5.41) is 18.9. The number of nitrogens with two attached hydrogens (primary N) is 1. The second-order valence-electron chi connectivity index (χ2n) is 4.94. The third-order valence-electron chi connectivity index (χ3n) is 3.45. The molecule has 0 aromatic heterocycles. The first-order valence-electron chi connectivity index (χ1n) is 5.42. The van der Waals surface area contributed by atoms with Gasteiger partial charge in [0, 0.05) is 5.56 Å². The Hall–Kier alpha value is -1.70. The van der Waals surface area contributed by atoms with E-state index in [1.807, 2.05) is 6.07 Å². The Morgan fingerprint density at radius 3 is 2.71 bits per heavy atom. The lowest BCUT2D eigenvalue weighted by Crippen LogP contribution is -2.48. The number of nitrogens with zero attached hydrogens (tertiary/aromatic N) is 1. The summed E-state index contributed by atoms with van der Waals surface area (Å²) in [4.78, 5) is 12.2. The van der Waals surface area contributed by atoms with Crippen molar-refractivity contribution in [3.05, 3.63) is 34.9 Å². The van der Waals surface area contributed by atoms with E-state index in [4.69, 9.17) is 11.0 Å². The van der Waals surface area contributed by atoms with Crippen molar-refractivity contribution in [1.29, 1.82) is 5.26 Å². The van der Waals surface area contributed by atoms with Crippen molar-refractivity contribution in [3.8, 4) is 6.07 Å². The van der Waals surface area contributed by atoms with Gasteiger partial charge in [-0.15, -0.1) is 0 Å². The van der Waals surface area contributed by atoms with Crippen molar-refractivity contribution < 1.29 is 9.90 Å². The van der Waals surface area contributed by atoms with Gasteiger partial charge in [-0.05, 0) is 37.6 Å². The fraction of sp³-hybridized carbons (Fsp3) is 0.385. The third-order valence-corrected chi connectivity index (χ3v) is 3.45. The van der Waals surface area contributed by atoms with E-state index in [0.717, 1.165) is 0 Å². The third kappa shape index (κ3) is 1.55. The van der Waals surface area contributed by atoms with Gasteiger partial charge in [0.25, 0.3) is 0 Å². The van der Waals surface area contributed by atoms with Gasteiger partial charge in [-0.2, -0.15) is 5.26 Å². The first-order valence-corrected chi connectivity index (χ1v) is 5.42. The maximum atomic E-state index is 12.2. The lowest BCUT2D eigenvalue weighted by Gasteiger charge is -2.38. The molecule has 3 N–H and O–H groups in total. The highest BCUT2D eigenvalue weighted by molar-refractivity contribution is 6.03. The molecule has 2 atom stereocenters. The number of ketones is 1. The van der Waals surface area contributed by atoms with Crippen LogP contribution in [0.5, 0.6) is 0 Å². The summed E-state index contributed by atoms with van der Waals surface area (Å²) >= 11 is 0. The predicted molar refractivity (Wildman–Crippen MR) is 62.2 cm³/mol. The van der Waals surface area contributed by atoms with Crippen LogP contribution in [0.2, 0.25) is 0 Å². The lowest BCUT2D eigenvalue weighted by molar-refractivity contribution is 0.0209. The normalized spacial score (nSPS) is 26.2. The Bertz CT molecular complexity index is 529. The first-order chi connectivity index (χ1) is 7.89. The van der Waals surface area contributed by atoms with Crippen LogP contribution in [0.25, 0.3) is 0 Å². The molecule has 2 unspecified atom stereocenters. The zero-order valence-corrected chi connectivity index (χ0v) is 9.77. The molecule has 1 aromatic carbocycles. The minimum absolute atomic E-state index is 0.133. The fourth-order valence-electron chi connectivity index (χ4n) is 2.22. The Balaban J connectivity index is 2.65. The van der Waals surface area contributed by atoms with Gasteiger partial charge in [-0.3, -0.25) is 4.79 Å². The van der Waals surface area contributed by atoms with Crippen LogP contribution < -0.4 is 5.73 Å². The minimum Gasteiger partial charge on any atom is -0.390 e. The van der Waals surface area contributed by atoms with Crippen molar-refractivity contribution in [2.45, 2.75) is 26.0 Å². The molecule has 17 heavy (non-hydrogen) atoms. The number of aliphatic hydroxyl groups is 1. The van der Waals surface area contributed by atoms with Crippen LogP contribution in [-0.2, 0) is 0 Å². The van der Waals surface area contributed by atoms with Crippen LogP contribution >= 0.6 is 0 Å². The number of hydrogen-bond acceptors (Lipinski definition) is 4. The van der Waals surface area contributed by atoms with E-state index < -0.39 is 17.6 Å². The van der Waals surface area contributed by atoms with Gasteiger partial charge in [0.15, 0.2) is 5.78 Å². The molecule has 0 heterocycles. The van der Waals surface area contributed by atoms with Crippen LogP contribution in [0, 0.1) is 16.7 Å². The molecule has 0 aliphatic heterocycles. The number of rotatable bonds is 0. The second kappa shape index (κ2) is 3.66. The van der Waals surface area contributed by atoms with Crippen LogP contribution in [0.3, 0.4) is 0 Å². The predicted octanol–water partition coefficient (Wildman–Crippen LogP) is 1.14. The SMILES string of the molecule is CC1(C)C(=O)c2ccc(C#N)cc2C(N)C1O. The Morgan fingerprint density at radius 1 is 1.47 bits per heavy atom. The van der Waals surface area contributed by atoms with Crippen molar-refractivity contribution in [3.63, 3.8) is 0 Å². The summed E-state index contributed by atoms with van der Waals surface area (Å²) < 4.78 is 0. The largest absolute Gasteiger partial charge is 0.390 e. The molecule has 1 aliphatic carbocycles. The number of nitriles is 1. The van der Waals surface area contributed by atoms with Gasteiger partial charge in [0.05, 0.1) is 29.2 Å². The zero-order chi connectivity index (χ0) is 12.8. The summed E-state index contributed by atoms with van der Waals surface area (Å²) in [5.74, 6) is -0.133. The molecule has 4 nitrogen and oxygen atoms in total.